The summed E-state index contributed by atoms with van der Waals surface area (Å²) < 4.78 is 27.7. The highest BCUT2D eigenvalue weighted by molar-refractivity contribution is 7.89. The van der Waals surface area contributed by atoms with Crippen molar-refractivity contribution >= 4 is 15.9 Å². The smallest absolute Gasteiger partial charge is 0.243 e. The maximum absolute atomic E-state index is 13.1. The predicted octanol–water partition coefficient (Wildman–Crippen LogP) is 2.40. The molecule has 0 spiro atoms. The number of hydrogen-bond acceptors (Lipinski definition) is 4. The Morgan fingerprint density at radius 1 is 1.04 bits per heavy atom. The molecule has 1 aromatic rings. The van der Waals surface area contributed by atoms with Crippen LogP contribution in [-0.4, -0.2) is 73.2 Å². The molecule has 7 heteroatoms. The third kappa shape index (κ3) is 4.42. The van der Waals surface area contributed by atoms with Crippen molar-refractivity contribution in [2.75, 3.05) is 32.7 Å². The van der Waals surface area contributed by atoms with Crippen LogP contribution in [0.5, 0.6) is 0 Å². The summed E-state index contributed by atoms with van der Waals surface area (Å²) in [6.45, 7) is 10.4. The van der Waals surface area contributed by atoms with Gasteiger partial charge in [0.05, 0.1) is 11.4 Å². The molecule has 1 aromatic carbocycles. The van der Waals surface area contributed by atoms with Crippen LogP contribution in [-0.2, 0) is 14.8 Å². The number of likely N-dealkylation sites (tertiary alicyclic amines) is 1. The molecule has 0 aliphatic carbocycles. The Kier molecular flexibility index (Phi) is 6.47. The Morgan fingerprint density at radius 3 is 2.25 bits per heavy atom. The van der Waals surface area contributed by atoms with E-state index in [0.717, 1.165) is 24.0 Å². The van der Waals surface area contributed by atoms with Gasteiger partial charge in [-0.1, -0.05) is 12.1 Å². The van der Waals surface area contributed by atoms with E-state index in [1.54, 1.807) is 10.4 Å². The van der Waals surface area contributed by atoms with Crippen LogP contribution in [0.4, 0.5) is 0 Å². The van der Waals surface area contributed by atoms with Crippen molar-refractivity contribution in [3.63, 3.8) is 0 Å². The minimum Gasteiger partial charge on any atom is -0.336 e. The molecule has 2 fully saturated rings. The van der Waals surface area contributed by atoms with Crippen LogP contribution in [0.15, 0.2) is 23.1 Å². The predicted molar refractivity (Wildman–Crippen MR) is 111 cm³/mol. The van der Waals surface area contributed by atoms with Crippen molar-refractivity contribution in [2.45, 2.75) is 63.9 Å². The summed E-state index contributed by atoms with van der Waals surface area (Å²) in [5.41, 5.74) is 1.72. The summed E-state index contributed by atoms with van der Waals surface area (Å²) in [5.74, 6) is 0.172. The molecule has 0 saturated carbocycles. The molecular weight excluding hydrogens is 374 g/mol. The Balaban J connectivity index is 1.61. The fourth-order valence-corrected chi connectivity index (χ4v) is 6.17. The lowest BCUT2D eigenvalue weighted by atomic mass is 9.97. The topological polar surface area (TPSA) is 60.9 Å². The van der Waals surface area contributed by atoms with Crippen LogP contribution in [0.25, 0.3) is 0 Å². The highest BCUT2D eigenvalue weighted by Gasteiger charge is 2.33. The first-order valence-corrected chi connectivity index (χ1v) is 11.7. The molecule has 2 aliphatic heterocycles. The molecule has 3 rings (SSSR count). The van der Waals surface area contributed by atoms with Gasteiger partial charge in [0.2, 0.25) is 15.9 Å². The fourth-order valence-electron chi connectivity index (χ4n) is 4.44. The maximum Gasteiger partial charge on any atom is 0.243 e. The molecule has 1 amide bonds. The third-order valence-electron chi connectivity index (χ3n) is 6.13. The van der Waals surface area contributed by atoms with E-state index < -0.39 is 10.0 Å². The van der Waals surface area contributed by atoms with Gasteiger partial charge in [-0.15, -0.1) is 0 Å². The fraction of sp³-hybridized carbons (Fsp3) is 0.667. The van der Waals surface area contributed by atoms with Gasteiger partial charge < -0.3 is 4.90 Å². The SMILES string of the molecule is Cc1ccc(C)c(S(=O)(=O)N2CCN(CC(=O)N3[C@H](C)CCC[C@@H]3C)CC2)c1. The third-order valence-corrected chi connectivity index (χ3v) is 8.17. The molecule has 0 aromatic heterocycles. The van der Waals surface area contributed by atoms with E-state index in [1.165, 1.54) is 6.42 Å². The van der Waals surface area contributed by atoms with E-state index in [-0.39, 0.29) is 5.91 Å². The number of carbonyl (C=O) groups excluding carboxylic acids is 1. The second kappa shape index (κ2) is 8.51. The summed E-state index contributed by atoms with van der Waals surface area (Å²) in [6, 6.07) is 6.13. The van der Waals surface area contributed by atoms with Crippen LogP contribution >= 0.6 is 0 Å². The first kappa shape index (κ1) is 21.3. The highest BCUT2D eigenvalue weighted by atomic mass is 32.2. The molecule has 2 aliphatic rings. The molecule has 156 valence electrons. The van der Waals surface area contributed by atoms with Crippen molar-refractivity contribution in [3.8, 4) is 0 Å². The molecular formula is C21H33N3O3S. The van der Waals surface area contributed by atoms with Crippen molar-refractivity contribution in [2.24, 2.45) is 0 Å². The lowest BCUT2D eigenvalue weighted by molar-refractivity contribution is -0.138. The van der Waals surface area contributed by atoms with E-state index in [0.29, 0.717) is 49.7 Å². The molecule has 0 unspecified atom stereocenters. The normalized spacial score (nSPS) is 25.1. The zero-order valence-electron chi connectivity index (χ0n) is 17.5. The molecule has 0 N–H and O–H groups in total. The monoisotopic (exact) mass is 407 g/mol. The van der Waals surface area contributed by atoms with E-state index in [9.17, 15) is 13.2 Å². The molecule has 2 heterocycles. The molecule has 28 heavy (non-hydrogen) atoms. The summed E-state index contributed by atoms with van der Waals surface area (Å²) in [4.78, 5) is 17.3. The zero-order chi connectivity index (χ0) is 20.5. The number of nitrogens with zero attached hydrogens (tertiary/aromatic N) is 3. The van der Waals surface area contributed by atoms with Crippen molar-refractivity contribution in [1.82, 2.24) is 14.1 Å². The summed E-state index contributed by atoms with van der Waals surface area (Å²) in [7, 11) is -3.49. The van der Waals surface area contributed by atoms with Crippen LogP contribution < -0.4 is 0 Å². The van der Waals surface area contributed by atoms with E-state index in [1.807, 2.05) is 30.9 Å². The quantitative estimate of drug-likeness (QED) is 0.769. The minimum atomic E-state index is -3.49. The van der Waals surface area contributed by atoms with Crippen molar-refractivity contribution in [1.29, 1.82) is 0 Å². The second-order valence-corrected chi connectivity index (χ2v) is 10.3. The van der Waals surface area contributed by atoms with Gasteiger partial charge in [-0.3, -0.25) is 9.69 Å². The van der Waals surface area contributed by atoms with Gasteiger partial charge in [0.15, 0.2) is 0 Å². The van der Waals surface area contributed by atoms with E-state index >= 15 is 0 Å². The number of sulfonamides is 1. The van der Waals surface area contributed by atoms with Gasteiger partial charge in [0.1, 0.15) is 0 Å². The lowest BCUT2D eigenvalue weighted by Gasteiger charge is -2.41. The number of hydrogen-bond donors (Lipinski definition) is 0. The number of amides is 1. The number of piperazine rings is 1. The number of benzene rings is 1. The first-order valence-electron chi connectivity index (χ1n) is 10.3. The standard InChI is InChI=1S/C21H33N3O3S/c1-16-8-9-17(2)20(14-16)28(26,27)23-12-10-22(11-13-23)15-21(25)24-18(3)6-5-7-19(24)4/h8-9,14,18-19H,5-7,10-13,15H2,1-4H3/t18-,19+. The highest BCUT2D eigenvalue weighted by Crippen LogP contribution is 2.24. The van der Waals surface area contributed by atoms with Crippen LogP contribution in [0.2, 0.25) is 0 Å². The largest absolute Gasteiger partial charge is 0.336 e. The molecule has 0 bridgehead atoms. The Hall–Kier alpha value is -1.44. The molecule has 0 radical (unpaired) electrons. The molecule has 2 atom stereocenters. The van der Waals surface area contributed by atoms with E-state index in [2.05, 4.69) is 18.7 Å². The molecule has 6 nitrogen and oxygen atoms in total. The second-order valence-electron chi connectivity index (χ2n) is 8.38. The number of rotatable bonds is 4. The van der Waals surface area contributed by atoms with Crippen LogP contribution in [0.1, 0.15) is 44.2 Å². The Bertz CT molecular complexity index is 806. The molecule has 2 saturated heterocycles. The average molecular weight is 408 g/mol. The van der Waals surface area contributed by atoms with Crippen LogP contribution in [0, 0.1) is 13.8 Å². The van der Waals surface area contributed by atoms with Gasteiger partial charge in [0, 0.05) is 38.3 Å². The van der Waals surface area contributed by atoms with Gasteiger partial charge in [-0.05, 0) is 64.2 Å². The first-order chi connectivity index (χ1) is 13.2. The average Bonchev–Trinajstić information content (AvgIpc) is 2.64. The van der Waals surface area contributed by atoms with Crippen molar-refractivity contribution < 1.29 is 13.2 Å². The maximum atomic E-state index is 13.1. The number of aryl methyl sites for hydroxylation is 2. The van der Waals surface area contributed by atoms with Gasteiger partial charge in [-0.25, -0.2) is 8.42 Å². The Labute approximate surface area is 169 Å². The van der Waals surface area contributed by atoms with Gasteiger partial charge in [0.25, 0.3) is 0 Å². The Morgan fingerprint density at radius 2 is 1.64 bits per heavy atom. The summed E-state index contributed by atoms with van der Waals surface area (Å²) >= 11 is 0. The summed E-state index contributed by atoms with van der Waals surface area (Å²) in [5, 5.41) is 0. The minimum absolute atomic E-state index is 0.172. The van der Waals surface area contributed by atoms with Crippen LogP contribution in [0.3, 0.4) is 0 Å². The zero-order valence-corrected chi connectivity index (χ0v) is 18.3. The van der Waals surface area contributed by atoms with Gasteiger partial charge >= 0.3 is 0 Å². The lowest BCUT2D eigenvalue weighted by Crippen LogP contribution is -2.54. The van der Waals surface area contributed by atoms with Gasteiger partial charge in [-0.2, -0.15) is 4.31 Å². The summed E-state index contributed by atoms with van der Waals surface area (Å²) in [6.07, 6.45) is 3.32. The number of piperidine rings is 1. The van der Waals surface area contributed by atoms with E-state index in [4.69, 9.17) is 0 Å². The number of carbonyl (C=O) groups is 1. The van der Waals surface area contributed by atoms with Crippen molar-refractivity contribution in [3.05, 3.63) is 29.3 Å².